The first kappa shape index (κ1) is 19.3. The van der Waals surface area contributed by atoms with E-state index >= 15 is 0 Å². The molecule has 0 saturated heterocycles. The number of imidazole rings is 1. The Labute approximate surface area is 172 Å². The zero-order chi connectivity index (χ0) is 20.4. The first-order chi connectivity index (χ1) is 14.0. The molecule has 7 heteroatoms. The Morgan fingerprint density at radius 3 is 2.62 bits per heavy atom. The minimum Gasteiger partial charge on any atom is -0.375 e. The Hall–Kier alpha value is -3.06. The maximum absolute atomic E-state index is 4.65. The summed E-state index contributed by atoms with van der Waals surface area (Å²) < 4.78 is 0. The highest BCUT2D eigenvalue weighted by atomic mass is 15.2. The van der Waals surface area contributed by atoms with Crippen LogP contribution in [0.15, 0.2) is 42.9 Å². The van der Waals surface area contributed by atoms with Crippen LogP contribution in [0.4, 0.5) is 22.9 Å². The van der Waals surface area contributed by atoms with Gasteiger partial charge in [-0.15, -0.1) is 0 Å². The predicted octanol–water partition coefficient (Wildman–Crippen LogP) is 3.24. The highest BCUT2D eigenvalue weighted by molar-refractivity contribution is 5.75. The summed E-state index contributed by atoms with van der Waals surface area (Å²) in [6.07, 6.45) is 4.69. The van der Waals surface area contributed by atoms with Gasteiger partial charge in [0.2, 0.25) is 0 Å². The number of aromatic amines is 1. The second-order valence-electron chi connectivity index (χ2n) is 8.01. The van der Waals surface area contributed by atoms with Gasteiger partial charge in [0.15, 0.2) is 0 Å². The van der Waals surface area contributed by atoms with Gasteiger partial charge in [-0.05, 0) is 31.8 Å². The molecule has 0 fully saturated rings. The number of pyridine rings is 1. The molecule has 3 heterocycles. The van der Waals surface area contributed by atoms with E-state index in [4.69, 9.17) is 0 Å². The molecule has 3 aromatic rings. The smallest absolute Gasteiger partial charge is 0.132 e. The molecule has 152 valence electrons. The van der Waals surface area contributed by atoms with Crippen molar-refractivity contribution in [2.45, 2.75) is 19.5 Å². The van der Waals surface area contributed by atoms with E-state index < -0.39 is 0 Å². The third-order valence-electron chi connectivity index (χ3n) is 5.18. The molecule has 0 unspecified atom stereocenters. The number of rotatable bonds is 6. The van der Waals surface area contributed by atoms with Crippen LogP contribution in [0.1, 0.15) is 17.0 Å². The minimum absolute atomic E-state index is 0.832. The molecule has 7 nitrogen and oxygen atoms in total. The normalized spacial score (nSPS) is 13.5. The van der Waals surface area contributed by atoms with Gasteiger partial charge < -0.3 is 25.0 Å². The Balaban J connectivity index is 1.57. The molecule has 29 heavy (non-hydrogen) atoms. The highest BCUT2D eigenvalue weighted by Gasteiger charge is 2.22. The second kappa shape index (κ2) is 8.13. The van der Waals surface area contributed by atoms with E-state index in [2.05, 4.69) is 93.5 Å². The average Bonchev–Trinajstić information content (AvgIpc) is 3.16. The SMILES string of the molecule is CN(C)Cc1ccc(Nc2cc(N3CCc4nc[nH]c4C3)c(N(C)C)cn2)cc1. The van der Waals surface area contributed by atoms with E-state index in [0.717, 1.165) is 43.2 Å². The molecule has 0 aliphatic carbocycles. The van der Waals surface area contributed by atoms with Gasteiger partial charge in [0.25, 0.3) is 0 Å². The van der Waals surface area contributed by atoms with Gasteiger partial charge in [-0.25, -0.2) is 9.97 Å². The quantitative estimate of drug-likeness (QED) is 0.673. The molecule has 1 aliphatic heterocycles. The Morgan fingerprint density at radius 2 is 1.90 bits per heavy atom. The molecule has 2 N–H and O–H groups in total. The number of aromatic nitrogens is 3. The fraction of sp³-hybridized carbons (Fsp3) is 0.364. The largest absolute Gasteiger partial charge is 0.375 e. The van der Waals surface area contributed by atoms with Gasteiger partial charge in [-0.1, -0.05) is 12.1 Å². The summed E-state index contributed by atoms with van der Waals surface area (Å²) in [5, 5.41) is 3.45. The molecule has 0 radical (unpaired) electrons. The number of hydrogen-bond donors (Lipinski definition) is 2. The molecule has 1 aliphatic rings. The molecule has 2 aromatic heterocycles. The van der Waals surface area contributed by atoms with Gasteiger partial charge in [0.05, 0.1) is 41.8 Å². The number of benzene rings is 1. The number of nitrogens with zero attached hydrogens (tertiary/aromatic N) is 5. The lowest BCUT2D eigenvalue weighted by Crippen LogP contribution is -2.31. The van der Waals surface area contributed by atoms with Crippen molar-refractivity contribution in [1.82, 2.24) is 19.9 Å². The van der Waals surface area contributed by atoms with Crippen LogP contribution in [0, 0.1) is 0 Å². The predicted molar refractivity (Wildman–Crippen MR) is 119 cm³/mol. The lowest BCUT2D eigenvalue weighted by Gasteiger charge is -2.31. The minimum atomic E-state index is 0.832. The molecule has 0 saturated carbocycles. The Morgan fingerprint density at radius 1 is 1.10 bits per heavy atom. The zero-order valence-corrected chi connectivity index (χ0v) is 17.6. The summed E-state index contributed by atoms with van der Waals surface area (Å²) in [6.45, 7) is 2.71. The number of fused-ring (bicyclic) bond motifs is 1. The maximum atomic E-state index is 4.65. The van der Waals surface area contributed by atoms with Crippen LogP contribution in [0.25, 0.3) is 0 Å². The van der Waals surface area contributed by atoms with Crippen molar-refractivity contribution < 1.29 is 0 Å². The van der Waals surface area contributed by atoms with Crippen LogP contribution in [0.2, 0.25) is 0 Å². The van der Waals surface area contributed by atoms with Gasteiger partial charge in [-0.2, -0.15) is 0 Å². The van der Waals surface area contributed by atoms with Gasteiger partial charge in [0, 0.05) is 45.4 Å². The van der Waals surface area contributed by atoms with E-state index in [9.17, 15) is 0 Å². The maximum Gasteiger partial charge on any atom is 0.132 e. The van der Waals surface area contributed by atoms with Gasteiger partial charge in [0.1, 0.15) is 5.82 Å². The third-order valence-corrected chi connectivity index (χ3v) is 5.18. The highest BCUT2D eigenvalue weighted by Crippen LogP contribution is 2.33. The van der Waals surface area contributed by atoms with Crippen LogP contribution in [0.3, 0.4) is 0 Å². The Kier molecular flexibility index (Phi) is 5.40. The van der Waals surface area contributed by atoms with Crippen molar-refractivity contribution in [2.75, 3.05) is 49.9 Å². The molecule has 0 amide bonds. The molecule has 0 spiro atoms. The van der Waals surface area contributed by atoms with Crippen LogP contribution < -0.4 is 15.1 Å². The first-order valence-electron chi connectivity index (χ1n) is 9.94. The van der Waals surface area contributed by atoms with E-state index in [1.54, 1.807) is 6.33 Å². The number of hydrogen-bond acceptors (Lipinski definition) is 6. The van der Waals surface area contributed by atoms with E-state index in [-0.39, 0.29) is 0 Å². The average molecular weight is 392 g/mol. The summed E-state index contributed by atoms with van der Waals surface area (Å²) in [7, 11) is 8.28. The van der Waals surface area contributed by atoms with E-state index in [0.29, 0.717) is 0 Å². The van der Waals surface area contributed by atoms with E-state index in [1.165, 1.54) is 22.6 Å². The Bertz CT molecular complexity index is 960. The molecular formula is C22H29N7. The third kappa shape index (κ3) is 4.35. The lowest BCUT2D eigenvalue weighted by molar-refractivity contribution is 0.402. The van der Waals surface area contributed by atoms with Crippen LogP contribution in [-0.2, 0) is 19.5 Å². The number of H-pyrrole nitrogens is 1. The first-order valence-corrected chi connectivity index (χ1v) is 9.94. The second-order valence-corrected chi connectivity index (χ2v) is 8.01. The summed E-state index contributed by atoms with van der Waals surface area (Å²) >= 11 is 0. The van der Waals surface area contributed by atoms with Gasteiger partial charge >= 0.3 is 0 Å². The standard InChI is InChI=1S/C22H29N7/c1-27(2)13-16-5-7-17(8-6-16)26-22-11-20(21(12-23-22)28(3)4)29-10-9-18-19(14-29)25-15-24-18/h5-8,11-12,15H,9-10,13-14H2,1-4H3,(H,23,26)(H,24,25). The van der Waals surface area contributed by atoms with Crippen LogP contribution in [0.5, 0.6) is 0 Å². The number of nitrogens with one attached hydrogen (secondary N) is 2. The molecule has 0 atom stereocenters. The number of anilines is 4. The van der Waals surface area contributed by atoms with Crippen molar-refractivity contribution in [3.05, 3.63) is 59.8 Å². The van der Waals surface area contributed by atoms with Crippen molar-refractivity contribution in [2.24, 2.45) is 0 Å². The van der Waals surface area contributed by atoms with E-state index in [1.807, 2.05) is 6.20 Å². The van der Waals surface area contributed by atoms with Crippen molar-refractivity contribution in [1.29, 1.82) is 0 Å². The zero-order valence-electron chi connectivity index (χ0n) is 17.6. The lowest BCUT2D eigenvalue weighted by atomic mass is 10.1. The molecule has 1 aromatic carbocycles. The van der Waals surface area contributed by atoms with Crippen molar-refractivity contribution in [3.8, 4) is 0 Å². The van der Waals surface area contributed by atoms with Crippen LogP contribution in [-0.4, -0.2) is 54.6 Å². The van der Waals surface area contributed by atoms with Crippen molar-refractivity contribution >= 4 is 22.9 Å². The van der Waals surface area contributed by atoms with Crippen molar-refractivity contribution in [3.63, 3.8) is 0 Å². The molecular weight excluding hydrogens is 362 g/mol. The summed E-state index contributed by atoms with van der Waals surface area (Å²) in [6, 6.07) is 10.7. The topological polar surface area (TPSA) is 63.3 Å². The molecule has 0 bridgehead atoms. The fourth-order valence-electron chi connectivity index (χ4n) is 3.73. The molecule has 4 rings (SSSR count). The summed E-state index contributed by atoms with van der Waals surface area (Å²) in [4.78, 5) is 19.0. The monoisotopic (exact) mass is 391 g/mol. The van der Waals surface area contributed by atoms with Gasteiger partial charge in [-0.3, -0.25) is 0 Å². The fourth-order valence-corrected chi connectivity index (χ4v) is 3.73. The summed E-state index contributed by atoms with van der Waals surface area (Å²) in [5.74, 6) is 0.848. The summed E-state index contributed by atoms with van der Waals surface area (Å²) in [5.41, 5.74) is 7.00. The van der Waals surface area contributed by atoms with Crippen LogP contribution >= 0.6 is 0 Å².